The lowest BCUT2D eigenvalue weighted by Crippen LogP contribution is -2.31. The Morgan fingerprint density at radius 1 is 1.08 bits per heavy atom. The molecule has 2 aromatic heterocycles. The molecule has 3 rings (SSSR count). The number of amides is 2. The van der Waals surface area contributed by atoms with Crippen LogP contribution in [0.1, 0.15) is 57.6 Å². The molecule has 2 heterocycles. The highest BCUT2D eigenvalue weighted by molar-refractivity contribution is 7.99. The molecular weight excluding hydrogens is 483 g/mol. The van der Waals surface area contributed by atoms with E-state index in [0.717, 1.165) is 17.7 Å². The van der Waals surface area contributed by atoms with Gasteiger partial charge in [-0.1, -0.05) is 32.3 Å². The van der Waals surface area contributed by atoms with Gasteiger partial charge < -0.3 is 10.6 Å². The number of hydrogen-bond acceptors (Lipinski definition) is 7. The highest BCUT2D eigenvalue weighted by atomic mass is 32.2. The largest absolute Gasteiger partial charge is 0.321 e. The molecule has 0 saturated carbocycles. The topological polar surface area (TPSA) is 119 Å². The van der Waals surface area contributed by atoms with Crippen molar-refractivity contribution in [1.82, 2.24) is 19.5 Å². The predicted octanol–water partition coefficient (Wildman–Crippen LogP) is 4.68. The predicted molar refractivity (Wildman–Crippen MR) is 140 cm³/mol. The molecular formula is C25H31FN6O3S. The molecule has 3 aromatic rings. The number of nitrogens with zero attached hydrogens (tertiary/aromatic N) is 4. The molecule has 0 fully saturated rings. The number of imidazole rings is 1. The van der Waals surface area contributed by atoms with Crippen molar-refractivity contribution in [2.45, 2.75) is 58.9 Å². The van der Waals surface area contributed by atoms with Gasteiger partial charge in [-0.05, 0) is 43.7 Å². The standard InChI is InChI=1S/C25H31FN6O3S/c1-4-5-6-7-11-36-12-10-20(34)31-23-21-24(28-14-27-23)32(15-29-21)22(17(3)33)25(35)30-19-13-16(2)8-9-18(19)26/h8-9,13-15,22H,4-7,10-12H2,1-3H3,(H,30,35)(H,27,28,31,34). The number of aryl methyl sites for hydroxylation is 1. The summed E-state index contributed by atoms with van der Waals surface area (Å²) >= 11 is 1.74. The molecule has 11 heteroatoms. The maximum absolute atomic E-state index is 14.2. The molecule has 1 aromatic carbocycles. The fourth-order valence-corrected chi connectivity index (χ4v) is 4.61. The van der Waals surface area contributed by atoms with Crippen molar-refractivity contribution in [2.24, 2.45) is 0 Å². The number of halogens is 1. The van der Waals surface area contributed by atoms with Gasteiger partial charge in [0.25, 0.3) is 5.91 Å². The Bertz CT molecular complexity index is 1230. The average molecular weight is 515 g/mol. The van der Waals surface area contributed by atoms with E-state index in [1.54, 1.807) is 24.8 Å². The van der Waals surface area contributed by atoms with Crippen LogP contribution in [0.3, 0.4) is 0 Å². The van der Waals surface area contributed by atoms with Gasteiger partial charge in [0, 0.05) is 12.2 Å². The van der Waals surface area contributed by atoms with Gasteiger partial charge in [0.05, 0.1) is 12.0 Å². The first-order valence-corrected chi connectivity index (χ1v) is 13.1. The van der Waals surface area contributed by atoms with Crippen LogP contribution in [0.15, 0.2) is 30.9 Å². The molecule has 0 aliphatic heterocycles. The van der Waals surface area contributed by atoms with Crippen LogP contribution in [-0.2, 0) is 14.4 Å². The number of hydrogen-bond donors (Lipinski definition) is 2. The summed E-state index contributed by atoms with van der Waals surface area (Å²) in [5, 5.41) is 5.22. The minimum atomic E-state index is -1.34. The summed E-state index contributed by atoms with van der Waals surface area (Å²) in [6.07, 6.45) is 7.62. The summed E-state index contributed by atoms with van der Waals surface area (Å²) in [4.78, 5) is 50.4. The van der Waals surface area contributed by atoms with Gasteiger partial charge in [-0.2, -0.15) is 11.8 Å². The minimum Gasteiger partial charge on any atom is -0.321 e. The lowest BCUT2D eigenvalue weighted by Gasteiger charge is -2.16. The second kappa shape index (κ2) is 13.1. The number of nitrogens with one attached hydrogen (secondary N) is 2. The fraction of sp³-hybridized carbons (Fsp3) is 0.440. The molecule has 0 spiro atoms. The molecule has 1 atom stereocenters. The number of Topliss-reactive ketones (excluding diaryl/α,β-unsaturated/α-hetero) is 1. The molecule has 0 aliphatic rings. The van der Waals surface area contributed by atoms with Crippen LogP contribution in [0.4, 0.5) is 15.9 Å². The number of carbonyl (C=O) groups excluding carboxylic acids is 3. The van der Waals surface area contributed by atoms with Crippen molar-refractivity contribution in [3.8, 4) is 0 Å². The summed E-state index contributed by atoms with van der Waals surface area (Å²) in [6, 6.07) is 2.97. The van der Waals surface area contributed by atoms with E-state index in [2.05, 4.69) is 32.5 Å². The zero-order valence-corrected chi connectivity index (χ0v) is 21.5. The molecule has 2 N–H and O–H groups in total. The molecule has 0 aliphatic carbocycles. The Kier molecular flexibility index (Phi) is 9.92. The van der Waals surface area contributed by atoms with E-state index in [4.69, 9.17) is 0 Å². The van der Waals surface area contributed by atoms with Crippen molar-refractivity contribution in [3.05, 3.63) is 42.2 Å². The number of thioether (sulfide) groups is 1. The maximum atomic E-state index is 14.2. The van der Waals surface area contributed by atoms with E-state index < -0.39 is 23.5 Å². The monoisotopic (exact) mass is 514 g/mol. The van der Waals surface area contributed by atoms with Crippen LogP contribution in [0, 0.1) is 12.7 Å². The number of benzene rings is 1. The van der Waals surface area contributed by atoms with Crippen molar-refractivity contribution in [2.75, 3.05) is 22.1 Å². The summed E-state index contributed by atoms with van der Waals surface area (Å²) in [5.41, 5.74) is 1.17. The number of fused-ring (bicyclic) bond motifs is 1. The number of carbonyl (C=O) groups is 3. The van der Waals surface area contributed by atoms with Crippen LogP contribution in [0.25, 0.3) is 11.2 Å². The number of rotatable bonds is 13. The Morgan fingerprint density at radius 3 is 2.64 bits per heavy atom. The van der Waals surface area contributed by atoms with Crippen molar-refractivity contribution < 1.29 is 18.8 Å². The first-order valence-electron chi connectivity index (χ1n) is 11.9. The Labute approximate surface area is 213 Å². The van der Waals surface area contributed by atoms with E-state index >= 15 is 0 Å². The maximum Gasteiger partial charge on any atom is 0.255 e. The van der Waals surface area contributed by atoms with Gasteiger partial charge in [-0.15, -0.1) is 0 Å². The highest BCUT2D eigenvalue weighted by Crippen LogP contribution is 2.24. The zero-order valence-electron chi connectivity index (χ0n) is 20.7. The lowest BCUT2D eigenvalue weighted by molar-refractivity contribution is -0.128. The normalized spacial score (nSPS) is 11.9. The van der Waals surface area contributed by atoms with Gasteiger partial charge in [0.1, 0.15) is 12.1 Å². The molecule has 2 amide bonds. The molecule has 0 saturated heterocycles. The van der Waals surface area contributed by atoms with E-state index in [0.29, 0.717) is 12.2 Å². The van der Waals surface area contributed by atoms with Crippen LogP contribution >= 0.6 is 11.8 Å². The first kappa shape index (κ1) is 27.3. The fourth-order valence-electron chi connectivity index (χ4n) is 3.67. The van der Waals surface area contributed by atoms with Crippen molar-refractivity contribution in [3.63, 3.8) is 0 Å². The molecule has 192 valence electrons. The van der Waals surface area contributed by atoms with E-state index in [-0.39, 0.29) is 28.6 Å². The average Bonchev–Trinajstić information content (AvgIpc) is 3.25. The van der Waals surface area contributed by atoms with Gasteiger partial charge in [0.15, 0.2) is 28.8 Å². The summed E-state index contributed by atoms with van der Waals surface area (Å²) in [7, 11) is 0. The molecule has 0 bridgehead atoms. The van der Waals surface area contributed by atoms with Crippen molar-refractivity contribution >= 4 is 52.0 Å². The van der Waals surface area contributed by atoms with Gasteiger partial charge in [-0.3, -0.25) is 19.0 Å². The SMILES string of the molecule is CCCCCCSCCC(=O)Nc1ncnc2c1ncn2C(C(C)=O)C(=O)Nc1cc(C)ccc1F. The molecule has 36 heavy (non-hydrogen) atoms. The van der Waals surface area contributed by atoms with E-state index in [9.17, 15) is 18.8 Å². The van der Waals surface area contributed by atoms with Gasteiger partial charge in [-0.25, -0.2) is 19.3 Å². The molecule has 9 nitrogen and oxygen atoms in total. The third-order valence-electron chi connectivity index (χ3n) is 5.52. The highest BCUT2D eigenvalue weighted by Gasteiger charge is 2.29. The summed E-state index contributed by atoms with van der Waals surface area (Å²) in [6.45, 7) is 5.19. The quantitative estimate of drug-likeness (QED) is 0.251. The van der Waals surface area contributed by atoms with Crippen LogP contribution < -0.4 is 10.6 Å². The second-order valence-electron chi connectivity index (χ2n) is 8.50. The Morgan fingerprint density at radius 2 is 1.89 bits per heavy atom. The van der Waals surface area contributed by atoms with E-state index in [1.807, 2.05) is 0 Å². The third kappa shape index (κ3) is 7.09. The number of anilines is 2. The van der Waals surface area contributed by atoms with Crippen LogP contribution in [0.5, 0.6) is 0 Å². The zero-order chi connectivity index (χ0) is 26.1. The first-order chi connectivity index (χ1) is 17.3. The van der Waals surface area contributed by atoms with Gasteiger partial charge in [0.2, 0.25) is 5.91 Å². The molecule has 1 unspecified atom stereocenters. The summed E-state index contributed by atoms with van der Waals surface area (Å²) in [5.74, 6) is -0.116. The number of ketones is 1. The van der Waals surface area contributed by atoms with E-state index in [1.165, 1.54) is 55.5 Å². The molecule has 0 radical (unpaired) electrons. The van der Waals surface area contributed by atoms with Crippen LogP contribution in [-0.4, -0.2) is 48.6 Å². The van der Waals surface area contributed by atoms with Crippen LogP contribution in [0.2, 0.25) is 0 Å². The smallest absolute Gasteiger partial charge is 0.255 e. The minimum absolute atomic E-state index is 0.0264. The number of unbranched alkanes of at least 4 members (excludes halogenated alkanes) is 3. The Balaban J connectivity index is 1.71. The summed E-state index contributed by atoms with van der Waals surface area (Å²) < 4.78 is 15.5. The van der Waals surface area contributed by atoms with Crippen molar-refractivity contribution in [1.29, 1.82) is 0 Å². The third-order valence-corrected chi connectivity index (χ3v) is 6.59. The van der Waals surface area contributed by atoms with Gasteiger partial charge >= 0.3 is 0 Å². The lowest BCUT2D eigenvalue weighted by atomic mass is 10.1. The second-order valence-corrected chi connectivity index (χ2v) is 9.73. The Hall–Kier alpha value is -3.34. The number of aromatic nitrogens is 4.